The summed E-state index contributed by atoms with van der Waals surface area (Å²) in [4.78, 5) is 0. The van der Waals surface area contributed by atoms with Gasteiger partial charge < -0.3 is 4.74 Å². The highest BCUT2D eigenvalue weighted by molar-refractivity contribution is 9.10. The topological polar surface area (TPSA) is 55.4 Å². The number of ether oxygens (including phenoxy) is 1. The summed E-state index contributed by atoms with van der Waals surface area (Å²) in [5.74, 6) is 0.476. The molecule has 0 fully saturated rings. The third kappa shape index (κ3) is 3.48. The minimum absolute atomic E-state index is 0.0912. The number of nitrogens with one attached hydrogen (secondary N) is 1. The van der Waals surface area contributed by atoms with Gasteiger partial charge in [0.05, 0.1) is 12.9 Å². The van der Waals surface area contributed by atoms with Crippen LogP contribution in [0.4, 0.5) is 0 Å². The molecule has 0 radical (unpaired) electrons. The van der Waals surface area contributed by atoms with Gasteiger partial charge in [-0.1, -0.05) is 15.9 Å². The van der Waals surface area contributed by atoms with Crippen LogP contribution in [0, 0.1) is 0 Å². The molecular weight excluding hydrogens is 282 g/mol. The second-order valence-corrected chi connectivity index (χ2v) is 5.76. The van der Waals surface area contributed by atoms with E-state index in [1.54, 1.807) is 18.2 Å². The molecule has 0 saturated heterocycles. The monoisotopic (exact) mass is 293 g/mol. The number of hydrogen-bond donors (Lipinski definition) is 1. The van der Waals surface area contributed by atoms with Gasteiger partial charge in [0.25, 0.3) is 0 Å². The van der Waals surface area contributed by atoms with Crippen molar-refractivity contribution in [1.29, 1.82) is 0 Å². The maximum absolute atomic E-state index is 11.4. The lowest BCUT2D eigenvalue weighted by molar-refractivity contribution is 0.411. The van der Waals surface area contributed by atoms with Gasteiger partial charge in [0.15, 0.2) is 0 Å². The zero-order valence-electron chi connectivity index (χ0n) is 8.45. The number of methoxy groups -OCH3 is 1. The summed E-state index contributed by atoms with van der Waals surface area (Å²) in [5.41, 5.74) is 0.626. The lowest BCUT2D eigenvalue weighted by Gasteiger charge is -2.08. The molecule has 1 N–H and O–H groups in total. The van der Waals surface area contributed by atoms with Gasteiger partial charge in [-0.2, -0.15) is 0 Å². The van der Waals surface area contributed by atoms with Crippen LogP contribution in [0.15, 0.2) is 22.7 Å². The first kappa shape index (κ1) is 12.5. The molecule has 0 aromatic heterocycles. The minimum Gasteiger partial charge on any atom is -0.496 e. The molecule has 0 saturated carbocycles. The Kier molecular flexibility index (Phi) is 4.12. The van der Waals surface area contributed by atoms with Crippen LogP contribution in [0.5, 0.6) is 5.75 Å². The van der Waals surface area contributed by atoms with Crippen molar-refractivity contribution >= 4 is 26.0 Å². The van der Waals surface area contributed by atoms with Gasteiger partial charge in [-0.3, -0.25) is 0 Å². The van der Waals surface area contributed by atoms with Crippen LogP contribution in [0.25, 0.3) is 0 Å². The van der Waals surface area contributed by atoms with E-state index in [4.69, 9.17) is 4.74 Å². The van der Waals surface area contributed by atoms with E-state index >= 15 is 0 Å². The van der Waals surface area contributed by atoms with Gasteiger partial charge in [-0.15, -0.1) is 0 Å². The van der Waals surface area contributed by atoms with Crippen LogP contribution in [-0.2, 0) is 15.8 Å². The number of hydrogen-bond acceptors (Lipinski definition) is 3. The van der Waals surface area contributed by atoms with E-state index in [0.29, 0.717) is 11.3 Å². The number of benzene rings is 1. The first-order chi connectivity index (χ1) is 6.98. The fourth-order valence-electron chi connectivity index (χ4n) is 1.14. The van der Waals surface area contributed by atoms with Crippen molar-refractivity contribution in [3.05, 3.63) is 28.2 Å². The Morgan fingerprint density at radius 3 is 2.67 bits per heavy atom. The van der Waals surface area contributed by atoms with Crippen LogP contribution in [-0.4, -0.2) is 22.6 Å². The van der Waals surface area contributed by atoms with E-state index in [-0.39, 0.29) is 5.75 Å². The molecule has 0 aliphatic rings. The number of halogens is 1. The van der Waals surface area contributed by atoms with Gasteiger partial charge >= 0.3 is 0 Å². The van der Waals surface area contributed by atoms with Crippen molar-refractivity contribution in [3.63, 3.8) is 0 Å². The molecule has 15 heavy (non-hydrogen) atoms. The Bertz CT molecular complexity index is 445. The Hall–Kier alpha value is -0.590. The van der Waals surface area contributed by atoms with Crippen LogP contribution in [0.2, 0.25) is 0 Å². The second kappa shape index (κ2) is 4.96. The summed E-state index contributed by atoms with van der Waals surface area (Å²) in [6, 6.07) is 5.26. The molecule has 0 spiro atoms. The summed E-state index contributed by atoms with van der Waals surface area (Å²) in [5, 5.41) is 0. The van der Waals surface area contributed by atoms with Gasteiger partial charge in [-0.25, -0.2) is 13.1 Å². The molecule has 0 bridgehead atoms. The zero-order valence-corrected chi connectivity index (χ0v) is 10.9. The normalized spacial score (nSPS) is 11.4. The Labute approximate surface area is 97.8 Å². The van der Waals surface area contributed by atoms with Crippen molar-refractivity contribution in [1.82, 2.24) is 4.72 Å². The summed E-state index contributed by atoms with van der Waals surface area (Å²) >= 11 is 3.28. The van der Waals surface area contributed by atoms with Crippen LogP contribution >= 0.6 is 15.9 Å². The van der Waals surface area contributed by atoms with E-state index in [0.717, 1.165) is 4.47 Å². The third-order valence-corrected chi connectivity index (χ3v) is 3.71. The Balaban J connectivity index is 3.08. The van der Waals surface area contributed by atoms with E-state index in [9.17, 15) is 8.42 Å². The molecule has 6 heteroatoms. The van der Waals surface area contributed by atoms with Crippen LogP contribution in [0.1, 0.15) is 5.56 Å². The van der Waals surface area contributed by atoms with E-state index in [1.807, 2.05) is 0 Å². The molecule has 84 valence electrons. The molecule has 0 atom stereocenters. The average Bonchev–Trinajstić information content (AvgIpc) is 2.18. The van der Waals surface area contributed by atoms with Gasteiger partial charge in [-0.05, 0) is 25.2 Å². The van der Waals surface area contributed by atoms with E-state index in [1.165, 1.54) is 14.2 Å². The summed E-state index contributed by atoms with van der Waals surface area (Å²) in [6.07, 6.45) is 0. The van der Waals surface area contributed by atoms with Gasteiger partial charge in [0.2, 0.25) is 10.0 Å². The molecule has 1 aromatic carbocycles. The summed E-state index contributed by atoms with van der Waals surface area (Å²) in [6.45, 7) is 0. The lowest BCUT2D eigenvalue weighted by Crippen LogP contribution is -2.20. The average molecular weight is 294 g/mol. The van der Waals surface area contributed by atoms with E-state index < -0.39 is 10.0 Å². The van der Waals surface area contributed by atoms with Crippen molar-refractivity contribution < 1.29 is 13.2 Å². The largest absolute Gasteiger partial charge is 0.496 e. The smallest absolute Gasteiger partial charge is 0.215 e. The molecular formula is C9H12BrNO3S. The second-order valence-electron chi connectivity index (χ2n) is 2.92. The van der Waals surface area contributed by atoms with Crippen molar-refractivity contribution in [2.45, 2.75) is 5.75 Å². The van der Waals surface area contributed by atoms with Crippen LogP contribution < -0.4 is 9.46 Å². The standard InChI is InChI=1S/C9H12BrNO3S/c1-11-15(12,13)6-7-5-8(10)3-4-9(7)14-2/h3-5,11H,6H2,1-2H3. The first-order valence-corrected chi connectivity index (χ1v) is 6.66. The first-order valence-electron chi connectivity index (χ1n) is 4.22. The number of sulfonamides is 1. The minimum atomic E-state index is -3.27. The summed E-state index contributed by atoms with van der Waals surface area (Å²) in [7, 11) is -0.371. The van der Waals surface area contributed by atoms with Crippen LogP contribution in [0.3, 0.4) is 0 Å². The third-order valence-electron chi connectivity index (χ3n) is 1.90. The summed E-state index contributed by atoms with van der Waals surface area (Å²) < 4.78 is 30.9. The lowest BCUT2D eigenvalue weighted by atomic mass is 10.2. The maximum Gasteiger partial charge on any atom is 0.215 e. The molecule has 0 heterocycles. The molecule has 0 aliphatic heterocycles. The van der Waals surface area contributed by atoms with Crippen molar-refractivity contribution in [2.24, 2.45) is 0 Å². The Morgan fingerprint density at radius 2 is 2.13 bits per heavy atom. The predicted molar refractivity (Wildman–Crippen MR) is 62.4 cm³/mol. The highest BCUT2D eigenvalue weighted by atomic mass is 79.9. The van der Waals surface area contributed by atoms with E-state index in [2.05, 4.69) is 20.7 Å². The predicted octanol–water partition coefficient (Wildman–Crippen LogP) is 1.51. The maximum atomic E-state index is 11.4. The molecule has 0 aliphatic carbocycles. The SMILES string of the molecule is CNS(=O)(=O)Cc1cc(Br)ccc1OC. The van der Waals surface area contributed by atoms with Gasteiger partial charge in [0.1, 0.15) is 5.75 Å². The number of rotatable bonds is 4. The van der Waals surface area contributed by atoms with Crippen molar-refractivity contribution in [3.8, 4) is 5.75 Å². The molecule has 0 unspecified atom stereocenters. The van der Waals surface area contributed by atoms with Crippen molar-refractivity contribution in [2.75, 3.05) is 14.2 Å². The molecule has 1 rings (SSSR count). The zero-order chi connectivity index (χ0) is 11.5. The van der Waals surface area contributed by atoms with Gasteiger partial charge in [0, 0.05) is 10.0 Å². The highest BCUT2D eigenvalue weighted by Gasteiger charge is 2.12. The molecule has 4 nitrogen and oxygen atoms in total. The fourth-order valence-corrected chi connectivity index (χ4v) is 2.32. The molecule has 1 aromatic rings. The highest BCUT2D eigenvalue weighted by Crippen LogP contribution is 2.24. The molecule has 0 amide bonds. The quantitative estimate of drug-likeness (QED) is 0.915. The fraction of sp³-hybridized carbons (Fsp3) is 0.333. The Morgan fingerprint density at radius 1 is 1.47 bits per heavy atom.